The number of rotatable bonds is 8. The fourth-order valence-electron chi connectivity index (χ4n) is 0.876. The van der Waals surface area contributed by atoms with Crippen LogP contribution in [0.15, 0.2) is 20.4 Å². The summed E-state index contributed by atoms with van der Waals surface area (Å²) in [6.07, 6.45) is 0.889. The molecule has 0 aliphatic rings. The van der Waals surface area contributed by atoms with E-state index >= 15 is 0 Å². The maximum atomic E-state index is 5.43. The van der Waals surface area contributed by atoms with Gasteiger partial charge in [-0.1, -0.05) is 0 Å². The average Bonchev–Trinajstić information content (AvgIpc) is 2.32. The number of guanidine groups is 2. The molecule has 0 aromatic heterocycles. The molecule has 0 aliphatic carbocycles. The highest BCUT2D eigenvalue weighted by Gasteiger charge is 2.09. The van der Waals surface area contributed by atoms with Gasteiger partial charge in [0.05, 0.1) is 19.4 Å². The van der Waals surface area contributed by atoms with E-state index in [0.29, 0.717) is 18.9 Å². The minimum atomic E-state index is -0.406. The summed E-state index contributed by atoms with van der Waals surface area (Å²) in [4.78, 5) is 0. The second-order valence-electron chi connectivity index (χ2n) is 3.32. The fraction of sp³-hybridized carbons (Fsp3) is 0.556. The van der Waals surface area contributed by atoms with Crippen molar-refractivity contribution in [2.75, 3.05) is 20.3 Å². The number of nitrogens with two attached hydrogens (primary N) is 4. The van der Waals surface area contributed by atoms with E-state index in [-0.39, 0.29) is 24.3 Å². The Morgan fingerprint density at radius 2 is 1.65 bits per heavy atom. The molecule has 1 atom stereocenters. The quantitative estimate of drug-likeness (QED) is 0.181. The monoisotopic (exact) mass is 308 g/mol. The highest BCUT2D eigenvalue weighted by molar-refractivity contribution is 6.32. The largest absolute Gasteiger partial charge is 0.382 e. The first kappa shape index (κ1) is 20.4. The van der Waals surface area contributed by atoms with E-state index in [1.807, 2.05) is 0 Å². The van der Waals surface area contributed by atoms with Gasteiger partial charge in [0.25, 0.3) is 0 Å². The Hall–Kier alpha value is -1.91. The summed E-state index contributed by atoms with van der Waals surface area (Å²) >= 11 is 0. The molecule has 11 heteroatoms. The molecule has 10 nitrogen and oxygen atoms in total. The Balaban J connectivity index is 0. The average molecular weight is 309 g/mol. The van der Waals surface area contributed by atoms with Crippen LogP contribution < -0.4 is 22.9 Å². The fourth-order valence-corrected chi connectivity index (χ4v) is 0.876. The summed E-state index contributed by atoms with van der Waals surface area (Å²) < 4.78 is 10.3. The van der Waals surface area contributed by atoms with Gasteiger partial charge in [0.1, 0.15) is 11.8 Å². The van der Waals surface area contributed by atoms with Crippen molar-refractivity contribution in [3.05, 3.63) is 0 Å². The van der Waals surface area contributed by atoms with Gasteiger partial charge in [-0.2, -0.15) is 5.10 Å². The predicted octanol–water partition coefficient (Wildman–Crippen LogP) is -1.65. The molecule has 0 saturated heterocycles. The first-order chi connectivity index (χ1) is 8.97. The number of halogens is 1. The number of methoxy groups -OCH3 is 1. The van der Waals surface area contributed by atoms with Gasteiger partial charge in [-0.15, -0.1) is 27.7 Å². The Morgan fingerprint density at radius 3 is 2.15 bits per heavy atom. The van der Waals surface area contributed by atoms with Crippen LogP contribution in [0.3, 0.4) is 0 Å². The lowest BCUT2D eigenvalue weighted by Gasteiger charge is -2.11. The number of ether oxygens (including phenoxy) is 2. The van der Waals surface area contributed by atoms with E-state index in [2.05, 4.69) is 20.4 Å². The van der Waals surface area contributed by atoms with E-state index in [1.54, 1.807) is 14.0 Å². The Labute approximate surface area is 123 Å². The summed E-state index contributed by atoms with van der Waals surface area (Å²) in [5.41, 5.74) is 21.0. The van der Waals surface area contributed by atoms with Gasteiger partial charge < -0.3 is 32.4 Å². The van der Waals surface area contributed by atoms with Crippen molar-refractivity contribution in [1.82, 2.24) is 0 Å². The van der Waals surface area contributed by atoms with Crippen LogP contribution in [0.25, 0.3) is 0 Å². The zero-order valence-corrected chi connectivity index (χ0v) is 12.2. The van der Waals surface area contributed by atoms with E-state index in [1.165, 1.54) is 6.21 Å². The first-order valence-electron chi connectivity index (χ1n) is 5.36. The molecule has 8 N–H and O–H groups in total. The number of hydrogen-bond acceptors (Lipinski definition) is 6. The van der Waals surface area contributed by atoms with E-state index in [4.69, 9.17) is 32.4 Å². The molecule has 0 saturated carbocycles. The van der Waals surface area contributed by atoms with Gasteiger partial charge in [0, 0.05) is 7.11 Å². The molecule has 0 radical (unpaired) electrons. The van der Waals surface area contributed by atoms with Crippen LogP contribution in [-0.4, -0.2) is 50.3 Å². The van der Waals surface area contributed by atoms with Crippen LogP contribution >= 0.6 is 12.4 Å². The maximum absolute atomic E-state index is 5.43. The molecule has 0 rings (SSSR count). The molecule has 116 valence electrons. The molecule has 0 aromatic rings. The van der Waals surface area contributed by atoms with Crippen molar-refractivity contribution < 1.29 is 9.47 Å². The molecule has 1 unspecified atom stereocenters. The third kappa shape index (κ3) is 11.2. The van der Waals surface area contributed by atoms with Gasteiger partial charge in [-0.05, 0) is 6.92 Å². The third-order valence-electron chi connectivity index (χ3n) is 1.72. The Bertz CT molecular complexity index is 374. The van der Waals surface area contributed by atoms with Crippen molar-refractivity contribution in [3.8, 4) is 0 Å². The molecule has 20 heavy (non-hydrogen) atoms. The molecule has 0 fully saturated rings. The molecular formula is C9H21ClN8O2. The standard InChI is InChI=1S/C9H20N8O2.ClH/c1-6(19-4-3-18-2)7(15-17-9(12)13)5-14-16-8(10)11;/h5-6H,3-4H2,1-2H3,(H4,10,11,16)(H4,12,13,17);1H/b14-5+,15-7+;. The van der Waals surface area contributed by atoms with Crippen LogP contribution in [0.1, 0.15) is 6.92 Å². The van der Waals surface area contributed by atoms with Crippen molar-refractivity contribution in [2.45, 2.75) is 13.0 Å². The van der Waals surface area contributed by atoms with E-state index in [0.717, 1.165) is 0 Å². The predicted molar refractivity (Wildman–Crippen MR) is 82.1 cm³/mol. The Morgan fingerprint density at radius 1 is 1.05 bits per heavy atom. The SMILES string of the molecule is COCCOC(C)C(/C=N/N=C(N)N)=N/N=C(N)N.Cl. The van der Waals surface area contributed by atoms with Crippen LogP contribution in [0, 0.1) is 0 Å². The van der Waals surface area contributed by atoms with Crippen molar-refractivity contribution in [2.24, 2.45) is 43.3 Å². The lowest BCUT2D eigenvalue weighted by Crippen LogP contribution is -2.26. The van der Waals surface area contributed by atoms with Gasteiger partial charge in [-0.25, -0.2) is 0 Å². The number of nitrogens with zero attached hydrogens (tertiary/aromatic N) is 4. The summed E-state index contributed by atoms with van der Waals surface area (Å²) in [6.45, 7) is 2.58. The molecule has 0 amide bonds. The smallest absolute Gasteiger partial charge is 0.211 e. The van der Waals surface area contributed by atoms with Crippen LogP contribution in [-0.2, 0) is 9.47 Å². The van der Waals surface area contributed by atoms with Crippen molar-refractivity contribution in [1.29, 1.82) is 0 Å². The van der Waals surface area contributed by atoms with Crippen LogP contribution in [0.5, 0.6) is 0 Å². The molecule has 0 aliphatic heterocycles. The molecule has 0 heterocycles. The molecular weight excluding hydrogens is 288 g/mol. The summed E-state index contributed by atoms with van der Waals surface area (Å²) in [5.74, 6) is -0.359. The van der Waals surface area contributed by atoms with Gasteiger partial charge in [0.15, 0.2) is 0 Å². The normalized spacial score (nSPS) is 12.6. The highest BCUT2D eigenvalue weighted by Crippen LogP contribution is 1.95. The summed E-state index contributed by atoms with van der Waals surface area (Å²) in [6, 6.07) is 0. The zero-order valence-electron chi connectivity index (χ0n) is 11.4. The molecule has 0 bridgehead atoms. The van der Waals surface area contributed by atoms with Crippen molar-refractivity contribution in [3.63, 3.8) is 0 Å². The molecule has 0 spiro atoms. The molecule has 0 aromatic carbocycles. The zero-order chi connectivity index (χ0) is 14.7. The van der Waals surface area contributed by atoms with Crippen molar-refractivity contribution >= 4 is 36.3 Å². The third-order valence-corrected chi connectivity index (χ3v) is 1.72. The Kier molecular flexibility index (Phi) is 12.4. The van der Waals surface area contributed by atoms with Gasteiger partial charge >= 0.3 is 0 Å². The maximum Gasteiger partial charge on any atom is 0.211 e. The number of hydrogen-bond donors (Lipinski definition) is 4. The van der Waals surface area contributed by atoms with E-state index in [9.17, 15) is 0 Å². The highest BCUT2D eigenvalue weighted by atomic mass is 35.5. The minimum Gasteiger partial charge on any atom is -0.382 e. The van der Waals surface area contributed by atoms with Gasteiger partial charge in [0.2, 0.25) is 11.9 Å². The van der Waals surface area contributed by atoms with Crippen LogP contribution in [0.2, 0.25) is 0 Å². The lowest BCUT2D eigenvalue weighted by atomic mass is 10.2. The first-order valence-corrected chi connectivity index (χ1v) is 5.36. The second-order valence-corrected chi connectivity index (χ2v) is 3.32. The second kappa shape index (κ2) is 12.1. The minimum absolute atomic E-state index is 0. The van der Waals surface area contributed by atoms with E-state index < -0.39 is 6.10 Å². The summed E-state index contributed by atoms with van der Waals surface area (Å²) in [7, 11) is 1.57. The van der Waals surface area contributed by atoms with Crippen LogP contribution in [0.4, 0.5) is 0 Å². The van der Waals surface area contributed by atoms with Gasteiger partial charge in [-0.3, -0.25) is 0 Å². The lowest BCUT2D eigenvalue weighted by molar-refractivity contribution is 0.0560. The topological polar surface area (TPSA) is 172 Å². The summed E-state index contributed by atoms with van der Waals surface area (Å²) in [5, 5.41) is 14.4.